The molecule has 3 aromatic carbocycles. The van der Waals surface area contributed by atoms with Gasteiger partial charge in [0.15, 0.2) is 0 Å². The standard InChI is InChI=1S/C25H17N5O5S/c31-22(28-17-9-11-19(12-10-17)36(34,35)29-25-26-13-4-14-27-25)16-5-3-6-18(15-16)30-23(32)20-7-1-2-8-21(20)24(30)33/h1-15H,(H,28,31)(H,26,27,29). The zero-order valence-electron chi connectivity index (χ0n) is 18.5. The van der Waals surface area contributed by atoms with E-state index in [1.165, 1.54) is 42.7 Å². The number of carbonyl (C=O) groups excluding carboxylic acids is 3. The third-order valence-electron chi connectivity index (χ3n) is 5.37. The summed E-state index contributed by atoms with van der Waals surface area (Å²) in [7, 11) is -3.92. The number of fused-ring (bicyclic) bond motifs is 1. The largest absolute Gasteiger partial charge is 0.322 e. The monoisotopic (exact) mass is 499 g/mol. The Hall–Kier alpha value is -4.90. The summed E-state index contributed by atoms with van der Waals surface area (Å²) in [6.07, 6.45) is 2.82. The van der Waals surface area contributed by atoms with Crippen LogP contribution in [0.3, 0.4) is 0 Å². The minimum atomic E-state index is -3.92. The highest BCUT2D eigenvalue weighted by molar-refractivity contribution is 7.92. The number of rotatable bonds is 6. The van der Waals surface area contributed by atoms with Crippen LogP contribution in [0.25, 0.3) is 0 Å². The summed E-state index contributed by atoms with van der Waals surface area (Å²) >= 11 is 0. The molecular weight excluding hydrogens is 482 g/mol. The Kier molecular flexibility index (Phi) is 5.74. The average molecular weight is 500 g/mol. The number of hydrogen-bond donors (Lipinski definition) is 2. The second-order valence-electron chi connectivity index (χ2n) is 7.70. The fourth-order valence-electron chi connectivity index (χ4n) is 3.66. The lowest BCUT2D eigenvalue weighted by molar-refractivity contribution is 0.0924. The molecule has 0 aliphatic carbocycles. The van der Waals surface area contributed by atoms with Crippen molar-refractivity contribution in [3.63, 3.8) is 0 Å². The number of sulfonamides is 1. The zero-order chi connectivity index (χ0) is 25.3. The van der Waals surface area contributed by atoms with Gasteiger partial charge in [-0.3, -0.25) is 14.4 Å². The van der Waals surface area contributed by atoms with E-state index in [4.69, 9.17) is 0 Å². The highest BCUT2D eigenvalue weighted by Gasteiger charge is 2.36. The van der Waals surface area contributed by atoms with Crippen molar-refractivity contribution < 1.29 is 22.8 Å². The molecule has 2 heterocycles. The van der Waals surface area contributed by atoms with Crippen molar-refractivity contribution in [2.24, 2.45) is 0 Å². The van der Waals surface area contributed by atoms with Crippen LogP contribution in [0.4, 0.5) is 17.3 Å². The van der Waals surface area contributed by atoms with E-state index in [2.05, 4.69) is 20.0 Å². The predicted molar refractivity (Wildman–Crippen MR) is 131 cm³/mol. The molecular formula is C25H17N5O5S. The minimum Gasteiger partial charge on any atom is -0.322 e. The molecule has 0 unspecified atom stereocenters. The molecule has 0 radical (unpaired) electrons. The Morgan fingerprint density at radius 1 is 0.778 bits per heavy atom. The van der Waals surface area contributed by atoms with E-state index in [9.17, 15) is 22.8 Å². The molecule has 3 amide bonds. The summed E-state index contributed by atoms with van der Waals surface area (Å²) in [5.41, 5.74) is 1.44. The maximum absolute atomic E-state index is 12.8. The van der Waals surface area contributed by atoms with Crippen molar-refractivity contribution in [3.8, 4) is 0 Å². The Morgan fingerprint density at radius 2 is 1.42 bits per heavy atom. The highest BCUT2D eigenvalue weighted by atomic mass is 32.2. The fourth-order valence-corrected chi connectivity index (χ4v) is 4.62. The Morgan fingerprint density at radius 3 is 2.06 bits per heavy atom. The van der Waals surface area contributed by atoms with Gasteiger partial charge in [0.2, 0.25) is 5.95 Å². The van der Waals surface area contributed by atoms with Crippen LogP contribution in [0, 0.1) is 0 Å². The van der Waals surface area contributed by atoms with Gasteiger partial charge >= 0.3 is 0 Å². The summed E-state index contributed by atoms with van der Waals surface area (Å²) in [6.45, 7) is 0. The summed E-state index contributed by atoms with van der Waals surface area (Å²) in [4.78, 5) is 47.0. The molecule has 36 heavy (non-hydrogen) atoms. The van der Waals surface area contributed by atoms with E-state index < -0.39 is 27.7 Å². The number of anilines is 3. The molecule has 2 N–H and O–H groups in total. The number of hydrogen-bond acceptors (Lipinski definition) is 7. The van der Waals surface area contributed by atoms with Crippen LogP contribution < -0.4 is 14.9 Å². The fraction of sp³-hybridized carbons (Fsp3) is 0. The van der Waals surface area contributed by atoms with Gasteiger partial charge in [-0.15, -0.1) is 0 Å². The van der Waals surface area contributed by atoms with Gasteiger partial charge in [-0.25, -0.2) is 28.0 Å². The molecule has 1 aromatic heterocycles. The zero-order valence-corrected chi connectivity index (χ0v) is 19.3. The van der Waals surface area contributed by atoms with E-state index in [0.717, 1.165) is 4.90 Å². The Bertz CT molecular complexity index is 1570. The van der Waals surface area contributed by atoms with E-state index in [-0.39, 0.29) is 22.1 Å². The van der Waals surface area contributed by atoms with E-state index >= 15 is 0 Å². The predicted octanol–water partition coefficient (Wildman–Crippen LogP) is 3.33. The van der Waals surface area contributed by atoms with Crippen LogP contribution in [0.5, 0.6) is 0 Å². The number of imide groups is 1. The average Bonchev–Trinajstić information content (AvgIpc) is 3.14. The quantitative estimate of drug-likeness (QED) is 0.388. The lowest BCUT2D eigenvalue weighted by Gasteiger charge is -2.15. The van der Waals surface area contributed by atoms with Gasteiger partial charge < -0.3 is 5.32 Å². The molecule has 11 heteroatoms. The maximum atomic E-state index is 12.8. The first kappa shape index (κ1) is 22.9. The number of carbonyl (C=O) groups is 3. The normalized spacial score (nSPS) is 12.8. The Balaban J connectivity index is 1.31. The number of aromatic nitrogens is 2. The van der Waals surface area contributed by atoms with Gasteiger partial charge in [0.25, 0.3) is 27.7 Å². The van der Waals surface area contributed by atoms with Crippen LogP contribution in [0.1, 0.15) is 31.1 Å². The van der Waals surface area contributed by atoms with Crippen molar-refractivity contribution in [3.05, 3.63) is 108 Å². The van der Waals surface area contributed by atoms with Crippen LogP contribution in [-0.2, 0) is 10.0 Å². The third-order valence-corrected chi connectivity index (χ3v) is 6.72. The van der Waals surface area contributed by atoms with E-state index in [1.54, 1.807) is 48.5 Å². The number of nitrogens with zero attached hydrogens (tertiary/aromatic N) is 3. The number of benzene rings is 3. The molecule has 4 aromatic rings. The number of nitrogens with one attached hydrogen (secondary N) is 2. The number of amides is 3. The first-order valence-electron chi connectivity index (χ1n) is 10.6. The van der Waals surface area contributed by atoms with Gasteiger partial charge in [-0.1, -0.05) is 18.2 Å². The summed E-state index contributed by atoms with van der Waals surface area (Å²) in [5.74, 6) is -1.48. The summed E-state index contributed by atoms with van der Waals surface area (Å²) in [6, 6.07) is 19.7. The van der Waals surface area contributed by atoms with Crippen molar-refractivity contribution >= 4 is 45.1 Å². The third kappa shape index (κ3) is 4.30. The van der Waals surface area contributed by atoms with Gasteiger partial charge in [-0.2, -0.15) is 0 Å². The summed E-state index contributed by atoms with van der Waals surface area (Å²) in [5, 5.41) is 2.68. The van der Waals surface area contributed by atoms with Gasteiger partial charge in [0.05, 0.1) is 21.7 Å². The second kappa shape index (κ2) is 9.04. The van der Waals surface area contributed by atoms with Crippen molar-refractivity contribution in [1.29, 1.82) is 0 Å². The molecule has 0 atom stereocenters. The van der Waals surface area contributed by atoms with Gasteiger partial charge in [0.1, 0.15) is 0 Å². The van der Waals surface area contributed by atoms with Crippen LogP contribution in [-0.4, -0.2) is 36.1 Å². The molecule has 0 bridgehead atoms. The first-order valence-corrected chi connectivity index (χ1v) is 12.1. The first-order chi connectivity index (χ1) is 17.3. The lowest BCUT2D eigenvalue weighted by atomic mass is 10.1. The van der Waals surface area contributed by atoms with Crippen molar-refractivity contribution in [2.45, 2.75) is 4.90 Å². The molecule has 0 spiro atoms. The minimum absolute atomic E-state index is 0.0411. The molecule has 0 saturated carbocycles. The lowest BCUT2D eigenvalue weighted by Crippen LogP contribution is -2.29. The molecule has 0 saturated heterocycles. The topological polar surface area (TPSA) is 138 Å². The molecule has 178 valence electrons. The molecule has 5 rings (SSSR count). The second-order valence-corrected chi connectivity index (χ2v) is 9.38. The van der Waals surface area contributed by atoms with Crippen LogP contribution in [0.15, 0.2) is 96.2 Å². The van der Waals surface area contributed by atoms with Crippen LogP contribution >= 0.6 is 0 Å². The van der Waals surface area contributed by atoms with E-state index in [1.807, 2.05) is 0 Å². The molecule has 10 nitrogen and oxygen atoms in total. The Labute approximate surface area is 205 Å². The van der Waals surface area contributed by atoms with Crippen molar-refractivity contribution in [1.82, 2.24) is 9.97 Å². The van der Waals surface area contributed by atoms with Gasteiger partial charge in [-0.05, 0) is 60.7 Å². The summed E-state index contributed by atoms with van der Waals surface area (Å²) < 4.78 is 27.3. The highest BCUT2D eigenvalue weighted by Crippen LogP contribution is 2.29. The SMILES string of the molecule is O=C(Nc1ccc(S(=O)(=O)Nc2ncccn2)cc1)c1cccc(N2C(=O)c3ccccc3C2=O)c1. The molecule has 1 aliphatic rings. The molecule has 1 aliphatic heterocycles. The maximum Gasteiger partial charge on any atom is 0.266 e. The molecule has 0 fully saturated rings. The smallest absolute Gasteiger partial charge is 0.266 e. The van der Waals surface area contributed by atoms with Crippen molar-refractivity contribution in [2.75, 3.05) is 14.9 Å². The van der Waals surface area contributed by atoms with Gasteiger partial charge in [0, 0.05) is 23.6 Å². The van der Waals surface area contributed by atoms with E-state index in [0.29, 0.717) is 16.8 Å². The van der Waals surface area contributed by atoms with Crippen LogP contribution in [0.2, 0.25) is 0 Å².